The van der Waals surface area contributed by atoms with Crippen LogP contribution in [-0.2, 0) is 26.1 Å². The molecule has 0 aromatic heterocycles. The molecule has 0 aliphatic heterocycles. The van der Waals surface area contributed by atoms with Gasteiger partial charge in [0.25, 0.3) is 5.91 Å². The molecule has 2 aromatic carbocycles. The zero-order valence-corrected chi connectivity index (χ0v) is 27.3. The van der Waals surface area contributed by atoms with Crippen molar-refractivity contribution in [2.75, 3.05) is 31.4 Å². The Kier molecular flexibility index (Phi) is 13.9. The first-order valence-corrected chi connectivity index (χ1v) is 18.2. The Bertz CT molecular complexity index is 1270. The van der Waals surface area contributed by atoms with Crippen LogP contribution in [0.3, 0.4) is 0 Å². The van der Waals surface area contributed by atoms with Crippen LogP contribution in [-0.4, -0.2) is 62.1 Å². The van der Waals surface area contributed by atoms with Crippen molar-refractivity contribution in [3.05, 3.63) is 59.2 Å². The molecular weight excluding hydrogens is 569 g/mol. The van der Waals surface area contributed by atoms with Crippen molar-refractivity contribution in [3.63, 3.8) is 0 Å². The third-order valence-electron chi connectivity index (χ3n) is 8.19. The highest BCUT2D eigenvalue weighted by atomic mass is 32.2. The molecule has 0 saturated heterocycles. The number of rotatable bonds is 16. The summed E-state index contributed by atoms with van der Waals surface area (Å²) in [4.78, 5) is 26.0. The molecule has 1 fully saturated rings. The van der Waals surface area contributed by atoms with E-state index >= 15 is 0 Å². The van der Waals surface area contributed by atoms with Gasteiger partial charge in [-0.15, -0.1) is 0 Å². The molecular formula is C33H48N2O5S2. The lowest BCUT2D eigenvalue weighted by Crippen LogP contribution is -2.42. The van der Waals surface area contributed by atoms with E-state index in [4.69, 9.17) is 4.74 Å². The lowest BCUT2D eigenvalue weighted by Gasteiger charge is -2.27. The second-order valence-electron chi connectivity index (χ2n) is 11.3. The zero-order chi connectivity index (χ0) is 30.5. The minimum absolute atomic E-state index is 0.143. The van der Waals surface area contributed by atoms with Crippen molar-refractivity contribution in [3.8, 4) is 11.1 Å². The van der Waals surface area contributed by atoms with Crippen molar-refractivity contribution in [2.45, 2.75) is 84.2 Å². The molecule has 1 unspecified atom stereocenters. The second kappa shape index (κ2) is 17.1. The minimum Gasteiger partial charge on any atom is -0.467 e. The Hall–Kier alpha value is -2.36. The Labute approximate surface area is 257 Å². The summed E-state index contributed by atoms with van der Waals surface area (Å²) < 4.78 is 33.5. The van der Waals surface area contributed by atoms with E-state index < -0.39 is 22.0 Å². The van der Waals surface area contributed by atoms with Crippen molar-refractivity contribution in [2.24, 2.45) is 5.92 Å². The quantitative estimate of drug-likeness (QED) is 0.214. The van der Waals surface area contributed by atoms with E-state index in [2.05, 4.69) is 5.32 Å². The van der Waals surface area contributed by atoms with Crippen LogP contribution in [0, 0.1) is 12.8 Å². The molecule has 9 heteroatoms. The molecule has 1 amide bonds. The third-order valence-corrected chi connectivity index (χ3v) is 10.7. The fraction of sp³-hybridized carbons (Fsp3) is 0.576. The number of thioether (sulfide) groups is 1. The maximum Gasteiger partial charge on any atom is 0.328 e. The molecule has 2 aromatic rings. The van der Waals surface area contributed by atoms with Gasteiger partial charge in [0.1, 0.15) is 6.04 Å². The number of carbonyl (C=O) groups is 2. The molecule has 3 rings (SSSR count). The lowest BCUT2D eigenvalue weighted by atomic mass is 9.87. The number of nitrogens with zero attached hydrogens (tertiary/aromatic N) is 1. The molecule has 1 aliphatic carbocycles. The van der Waals surface area contributed by atoms with Crippen molar-refractivity contribution >= 4 is 33.7 Å². The molecule has 1 atom stereocenters. The predicted octanol–water partition coefficient (Wildman–Crippen LogP) is 6.59. The van der Waals surface area contributed by atoms with Crippen LogP contribution < -0.4 is 5.32 Å². The maximum atomic E-state index is 13.6. The van der Waals surface area contributed by atoms with E-state index in [1.54, 1.807) is 22.1 Å². The van der Waals surface area contributed by atoms with Gasteiger partial charge in [0.15, 0.2) is 0 Å². The maximum absolute atomic E-state index is 13.6. The Morgan fingerprint density at radius 1 is 1.10 bits per heavy atom. The van der Waals surface area contributed by atoms with Crippen molar-refractivity contribution < 1.29 is 22.7 Å². The highest BCUT2D eigenvalue weighted by Gasteiger charge is 2.26. The van der Waals surface area contributed by atoms with Gasteiger partial charge < -0.3 is 10.1 Å². The van der Waals surface area contributed by atoms with Crippen LogP contribution in [0.1, 0.15) is 86.2 Å². The monoisotopic (exact) mass is 616 g/mol. The average Bonchev–Trinajstić information content (AvgIpc) is 3.00. The molecule has 42 heavy (non-hydrogen) atoms. The van der Waals surface area contributed by atoms with Crippen LogP contribution >= 0.6 is 11.8 Å². The predicted molar refractivity (Wildman–Crippen MR) is 173 cm³/mol. The van der Waals surface area contributed by atoms with E-state index in [1.165, 1.54) is 39.2 Å². The second-order valence-corrected chi connectivity index (χ2v) is 14.4. The van der Waals surface area contributed by atoms with Crippen LogP contribution in [0.2, 0.25) is 0 Å². The Balaban J connectivity index is 1.95. The highest BCUT2D eigenvalue weighted by molar-refractivity contribution is 7.98. The van der Waals surface area contributed by atoms with E-state index in [-0.39, 0.29) is 18.2 Å². The van der Waals surface area contributed by atoms with Crippen LogP contribution in [0.15, 0.2) is 42.5 Å². The van der Waals surface area contributed by atoms with Gasteiger partial charge in [0.2, 0.25) is 10.0 Å². The third kappa shape index (κ3) is 9.85. The average molecular weight is 617 g/mol. The first-order valence-electron chi connectivity index (χ1n) is 15.2. The summed E-state index contributed by atoms with van der Waals surface area (Å²) in [5, 5.41) is 2.88. The highest BCUT2D eigenvalue weighted by Crippen LogP contribution is 2.30. The van der Waals surface area contributed by atoms with Gasteiger partial charge in [-0.2, -0.15) is 16.1 Å². The number of amides is 1. The summed E-state index contributed by atoms with van der Waals surface area (Å²) in [5.74, 6) is 0.584. The number of benzene rings is 2. The van der Waals surface area contributed by atoms with Crippen LogP contribution in [0.5, 0.6) is 0 Å². The number of sulfonamides is 1. The van der Waals surface area contributed by atoms with Gasteiger partial charge in [-0.1, -0.05) is 75.8 Å². The largest absolute Gasteiger partial charge is 0.467 e. The van der Waals surface area contributed by atoms with Gasteiger partial charge >= 0.3 is 5.97 Å². The summed E-state index contributed by atoms with van der Waals surface area (Å²) in [6.45, 7) is 4.77. The number of nitrogens with one attached hydrogen (secondary N) is 1. The summed E-state index contributed by atoms with van der Waals surface area (Å²) >= 11 is 1.60. The number of esters is 1. The minimum atomic E-state index is -3.43. The van der Waals surface area contributed by atoms with Gasteiger partial charge in [-0.05, 0) is 78.5 Å². The summed E-state index contributed by atoms with van der Waals surface area (Å²) in [5.41, 5.74) is 3.88. The smallest absolute Gasteiger partial charge is 0.328 e. The number of ether oxygens (including phenoxy) is 1. The molecule has 1 saturated carbocycles. The molecule has 232 valence electrons. The van der Waals surface area contributed by atoms with E-state index in [1.807, 2.05) is 56.5 Å². The number of hydrogen-bond donors (Lipinski definition) is 1. The number of unbranched alkanes of at least 4 members (excludes halogenated alkanes) is 1. The lowest BCUT2D eigenvalue weighted by molar-refractivity contribution is -0.142. The molecule has 7 nitrogen and oxygen atoms in total. The first kappa shape index (κ1) is 34.1. The van der Waals surface area contributed by atoms with Crippen molar-refractivity contribution in [1.82, 2.24) is 9.62 Å². The number of aryl methyl sites for hydroxylation is 1. The summed E-state index contributed by atoms with van der Waals surface area (Å²) in [7, 11) is -2.11. The fourth-order valence-corrected chi connectivity index (χ4v) is 7.74. The normalized spacial score (nSPS) is 15.0. The van der Waals surface area contributed by atoms with E-state index in [9.17, 15) is 18.0 Å². The molecule has 1 N–H and O–H groups in total. The molecule has 1 aliphatic rings. The standard InChI is InChI=1S/C33H48N2O5S2/c1-5-6-22-42(38,39)35(20-18-26-13-8-7-9-14-26)24-27-16-17-29(30(23-27)28-15-11-10-12-25(28)2)32(36)34-31(19-21-41-4)33(37)40-3/h10-12,15-17,23,26,31H,5-9,13-14,18-22,24H2,1-4H3,(H,34,36). The van der Waals surface area contributed by atoms with Gasteiger partial charge in [-0.25, -0.2) is 13.2 Å². The molecule has 0 radical (unpaired) electrons. The topological polar surface area (TPSA) is 92.8 Å². The van der Waals surface area contributed by atoms with Gasteiger partial charge in [0, 0.05) is 18.7 Å². The fourth-order valence-electron chi connectivity index (χ4n) is 5.63. The summed E-state index contributed by atoms with van der Waals surface area (Å²) in [6, 6.07) is 12.6. The van der Waals surface area contributed by atoms with Gasteiger partial charge in [-0.3, -0.25) is 4.79 Å². The number of methoxy groups -OCH3 is 1. The molecule has 0 heterocycles. The molecule has 0 spiro atoms. The van der Waals surface area contributed by atoms with E-state index in [0.29, 0.717) is 36.6 Å². The van der Waals surface area contributed by atoms with Crippen LogP contribution in [0.25, 0.3) is 11.1 Å². The van der Waals surface area contributed by atoms with Crippen molar-refractivity contribution in [1.29, 1.82) is 0 Å². The summed E-state index contributed by atoms with van der Waals surface area (Å²) in [6.07, 6.45) is 10.8. The Morgan fingerprint density at radius 3 is 2.50 bits per heavy atom. The Morgan fingerprint density at radius 2 is 1.83 bits per heavy atom. The molecule has 0 bridgehead atoms. The van der Waals surface area contributed by atoms with E-state index in [0.717, 1.165) is 35.1 Å². The zero-order valence-electron chi connectivity index (χ0n) is 25.7. The number of carbonyl (C=O) groups excluding carboxylic acids is 2. The first-order chi connectivity index (χ1) is 20.2. The SMILES string of the molecule is CCCCS(=O)(=O)N(CCC1CCCCC1)Cc1ccc(C(=O)NC(CCSC)C(=O)OC)c(-c2ccccc2C)c1. The van der Waals surface area contributed by atoms with Crippen LogP contribution in [0.4, 0.5) is 0 Å². The van der Waals surface area contributed by atoms with Gasteiger partial charge in [0.05, 0.1) is 12.9 Å². The number of hydrogen-bond acceptors (Lipinski definition) is 6.